The Morgan fingerprint density at radius 2 is 1.89 bits per heavy atom. The molecule has 0 atom stereocenters. The van der Waals surface area contributed by atoms with E-state index in [0.717, 1.165) is 10.7 Å². The highest BCUT2D eigenvalue weighted by Crippen LogP contribution is 2.17. The highest BCUT2D eigenvalue weighted by Gasteiger charge is 2.13. The number of nitrogens with zero attached hydrogens (tertiary/aromatic N) is 2. The van der Waals surface area contributed by atoms with Crippen molar-refractivity contribution >= 4 is 5.69 Å². The molecule has 1 N–H and O–H groups in total. The molecule has 94 valence electrons. The van der Waals surface area contributed by atoms with Gasteiger partial charge in [-0.05, 0) is 12.1 Å². The van der Waals surface area contributed by atoms with E-state index in [-0.39, 0.29) is 11.4 Å². The van der Waals surface area contributed by atoms with Crippen molar-refractivity contribution in [1.29, 1.82) is 0 Å². The molecule has 0 fully saturated rings. The molecule has 0 unspecified atom stereocenters. The molecule has 1 heterocycles. The van der Waals surface area contributed by atoms with Crippen molar-refractivity contribution in [3.8, 4) is 5.69 Å². The monoisotopic (exact) mass is 255 g/mol. The highest BCUT2D eigenvalue weighted by molar-refractivity contribution is 5.40. The van der Waals surface area contributed by atoms with E-state index in [1.807, 2.05) is 0 Å². The molecule has 0 bridgehead atoms. The summed E-state index contributed by atoms with van der Waals surface area (Å²) in [6.07, 6.45) is -2.78. The Labute approximate surface area is 98.6 Å². The lowest BCUT2D eigenvalue weighted by atomic mass is 10.3. The summed E-state index contributed by atoms with van der Waals surface area (Å²) in [5.41, 5.74) is -1.05. The number of alkyl halides is 2. The molecule has 1 aromatic carbocycles. The first-order valence-corrected chi connectivity index (χ1v) is 4.84. The summed E-state index contributed by atoms with van der Waals surface area (Å²) in [6, 6.07) is 5.75. The van der Waals surface area contributed by atoms with E-state index in [2.05, 4.69) is 5.10 Å². The number of nitro benzene ring substituents is 1. The normalized spacial score (nSPS) is 10.8. The number of hydrogen-bond acceptors (Lipinski definition) is 3. The van der Waals surface area contributed by atoms with Gasteiger partial charge in [0, 0.05) is 18.2 Å². The van der Waals surface area contributed by atoms with Crippen LogP contribution < -0.4 is 5.56 Å². The number of halogens is 2. The van der Waals surface area contributed by atoms with Crippen molar-refractivity contribution in [1.82, 2.24) is 9.78 Å². The SMILES string of the molecule is O=c1cc(C(F)F)[nH]n1-c1ccc([N+](=O)[O-])cc1. The molecule has 18 heavy (non-hydrogen) atoms. The molecule has 0 aliphatic heterocycles. The van der Waals surface area contributed by atoms with E-state index >= 15 is 0 Å². The molecule has 0 aliphatic rings. The summed E-state index contributed by atoms with van der Waals surface area (Å²) < 4.78 is 25.6. The van der Waals surface area contributed by atoms with Gasteiger partial charge in [0.25, 0.3) is 17.7 Å². The maximum atomic E-state index is 12.4. The highest BCUT2D eigenvalue weighted by atomic mass is 19.3. The average Bonchev–Trinajstić information content (AvgIpc) is 2.71. The maximum Gasteiger partial charge on any atom is 0.279 e. The standard InChI is InChI=1S/C10H7F2N3O3/c11-10(12)8-5-9(16)14(13-8)6-1-3-7(4-2-6)15(17)18/h1-5,10,13H. The van der Waals surface area contributed by atoms with Gasteiger partial charge in [-0.15, -0.1) is 0 Å². The van der Waals surface area contributed by atoms with Crippen molar-refractivity contribution in [3.05, 3.63) is 56.5 Å². The molecule has 0 amide bonds. The maximum absolute atomic E-state index is 12.4. The van der Waals surface area contributed by atoms with Gasteiger partial charge in [-0.2, -0.15) is 0 Å². The lowest BCUT2D eigenvalue weighted by Gasteiger charge is -2.01. The number of non-ortho nitro benzene ring substituents is 1. The Kier molecular flexibility index (Phi) is 2.92. The van der Waals surface area contributed by atoms with Crippen LogP contribution in [-0.4, -0.2) is 14.7 Å². The van der Waals surface area contributed by atoms with Gasteiger partial charge in [-0.25, -0.2) is 13.5 Å². The molecule has 0 aliphatic carbocycles. The number of benzene rings is 1. The van der Waals surface area contributed by atoms with Crippen LogP contribution in [0.5, 0.6) is 0 Å². The molecule has 6 nitrogen and oxygen atoms in total. The smallest absolute Gasteiger partial charge is 0.279 e. The zero-order valence-electron chi connectivity index (χ0n) is 8.84. The zero-order valence-corrected chi connectivity index (χ0v) is 8.84. The summed E-state index contributed by atoms with van der Waals surface area (Å²) in [5, 5.41) is 12.7. The van der Waals surface area contributed by atoms with Crippen molar-refractivity contribution in [2.45, 2.75) is 6.43 Å². The first kappa shape index (κ1) is 12.0. The van der Waals surface area contributed by atoms with Gasteiger partial charge in [0.2, 0.25) is 0 Å². The van der Waals surface area contributed by atoms with Crippen LogP contribution >= 0.6 is 0 Å². The first-order chi connectivity index (χ1) is 8.49. The molecule has 8 heteroatoms. The van der Waals surface area contributed by atoms with E-state index in [1.165, 1.54) is 24.3 Å². The predicted octanol–water partition coefficient (Wildman–Crippen LogP) is 2.01. The Bertz CT molecular complexity index is 631. The fourth-order valence-corrected chi connectivity index (χ4v) is 1.44. The first-order valence-electron chi connectivity index (χ1n) is 4.84. The van der Waals surface area contributed by atoms with E-state index < -0.39 is 22.6 Å². The van der Waals surface area contributed by atoms with Crippen LogP contribution in [-0.2, 0) is 0 Å². The van der Waals surface area contributed by atoms with Crippen molar-refractivity contribution in [3.63, 3.8) is 0 Å². The Morgan fingerprint density at radius 3 is 2.33 bits per heavy atom. The minimum Gasteiger partial charge on any atom is -0.289 e. The molecular formula is C10H7F2N3O3. The second-order valence-electron chi connectivity index (χ2n) is 3.46. The summed E-state index contributed by atoms with van der Waals surface area (Å²) in [6.45, 7) is 0. The summed E-state index contributed by atoms with van der Waals surface area (Å²) in [4.78, 5) is 21.3. The lowest BCUT2D eigenvalue weighted by molar-refractivity contribution is -0.384. The van der Waals surface area contributed by atoms with E-state index in [0.29, 0.717) is 0 Å². The predicted molar refractivity (Wildman–Crippen MR) is 58.0 cm³/mol. The largest absolute Gasteiger partial charge is 0.289 e. The Hall–Kier alpha value is -2.51. The second-order valence-corrected chi connectivity index (χ2v) is 3.46. The van der Waals surface area contributed by atoms with Gasteiger partial charge >= 0.3 is 0 Å². The van der Waals surface area contributed by atoms with Gasteiger partial charge in [-0.3, -0.25) is 20.0 Å². The van der Waals surface area contributed by atoms with Gasteiger partial charge in [0.15, 0.2) is 0 Å². The third kappa shape index (κ3) is 2.12. The molecule has 1 aromatic heterocycles. The van der Waals surface area contributed by atoms with Gasteiger partial charge < -0.3 is 0 Å². The molecule has 0 spiro atoms. The minimum absolute atomic E-state index is 0.146. The number of rotatable bonds is 3. The third-order valence-corrected chi connectivity index (χ3v) is 2.29. The second kappa shape index (κ2) is 4.40. The van der Waals surface area contributed by atoms with Crippen molar-refractivity contribution in [2.24, 2.45) is 0 Å². The Morgan fingerprint density at radius 1 is 1.28 bits per heavy atom. The number of nitrogens with one attached hydrogen (secondary N) is 1. The lowest BCUT2D eigenvalue weighted by Crippen LogP contribution is -2.13. The van der Waals surface area contributed by atoms with Crippen LogP contribution in [0.25, 0.3) is 5.69 Å². The number of H-pyrrole nitrogens is 1. The number of aromatic amines is 1. The average molecular weight is 255 g/mol. The van der Waals surface area contributed by atoms with Gasteiger partial charge in [-0.1, -0.05) is 0 Å². The van der Waals surface area contributed by atoms with Crippen LogP contribution in [0.3, 0.4) is 0 Å². The topological polar surface area (TPSA) is 80.9 Å². The summed E-state index contributed by atoms with van der Waals surface area (Å²) in [5.74, 6) is 0. The molecule has 0 saturated heterocycles. The van der Waals surface area contributed by atoms with Crippen molar-refractivity contribution in [2.75, 3.05) is 0 Å². The van der Waals surface area contributed by atoms with Crippen molar-refractivity contribution < 1.29 is 13.7 Å². The summed E-state index contributed by atoms with van der Waals surface area (Å²) >= 11 is 0. The molecule has 0 saturated carbocycles. The molecule has 0 radical (unpaired) electrons. The quantitative estimate of drug-likeness (QED) is 0.672. The van der Waals surface area contributed by atoms with Crippen LogP contribution in [0.2, 0.25) is 0 Å². The minimum atomic E-state index is -2.78. The van der Waals surface area contributed by atoms with E-state index in [9.17, 15) is 23.7 Å². The summed E-state index contributed by atoms with van der Waals surface area (Å²) in [7, 11) is 0. The Balaban J connectivity index is 2.42. The molecular weight excluding hydrogens is 248 g/mol. The van der Waals surface area contributed by atoms with Crippen LogP contribution in [0.4, 0.5) is 14.5 Å². The fourth-order valence-electron chi connectivity index (χ4n) is 1.44. The van der Waals surface area contributed by atoms with Gasteiger partial charge in [0.1, 0.15) is 5.69 Å². The zero-order chi connectivity index (χ0) is 13.3. The fraction of sp³-hybridized carbons (Fsp3) is 0.100. The number of aromatic nitrogens is 2. The molecule has 2 aromatic rings. The van der Waals surface area contributed by atoms with E-state index in [1.54, 1.807) is 0 Å². The van der Waals surface area contributed by atoms with Crippen LogP contribution in [0, 0.1) is 10.1 Å². The van der Waals surface area contributed by atoms with Gasteiger partial charge in [0.05, 0.1) is 10.6 Å². The van der Waals surface area contributed by atoms with Crippen LogP contribution in [0.15, 0.2) is 35.1 Å². The third-order valence-electron chi connectivity index (χ3n) is 2.29. The van der Waals surface area contributed by atoms with E-state index in [4.69, 9.17) is 0 Å². The van der Waals surface area contributed by atoms with Crippen LogP contribution in [0.1, 0.15) is 12.1 Å². The molecule has 2 rings (SSSR count). The number of nitro groups is 1. The number of hydrogen-bond donors (Lipinski definition) is 1.